The van der Waals surface area contributed by atoms with Gasteiger partial charge in [-0.15, -0.1) is 0 Å². The van der Waals surface area contributed by atoms with E-state index in [2.05, 4.69) is 10.1 Å². The monoisotopic (exact) mass is 541 g/mol. The largest absolute Gasteiger partial charge is 0.489 e. The molecule has 9 nitrogen and oxygen atoms in total. The van der Waals surface area contributed by atoms with Crippen LogP contribution in [0.4, 0.5) is 9.18 Å². The Morgan fingerprint density at radius 1 is 1.13 bits per heavy atom. The van der Waals surface area contributed by atoms with Crippen molar-refractivity contribution in [2.75, 3.05) is 0 Å². The summed E-state index contributed by atoms with van der Waals surface area (Å²) in [6, 6.07) is 4.00. The molecule has 1 aromatic carbocycles. The predicted octanol–water partition coefficient (Wildman–Crippen LogP) is 4.99. The SMILES string of the molecule is CC(C)(C)OC(=O)N1[C@@H]2CC[C@H]1C[C@H](Oc1cc(F)ccc1C(=O)N1Cc3nn4cc(Cl)cnc4c3C1)C2. The van der Waals surface area contributed by atoms with Crippen molar-refractivity contribution in [3.8, 4) is 5.75 Å². The van der Waals surface area contributed by atoms with E-state index in [1.54, 1.807) is 21.8 Å². The lowest BCUT2D eigenvalue weighted by atomic mass is 10.00. The third-order valence-electron chi connectivity index (χ3n) is 7.36. The molecule has 38 heavy (non-hydrogen) atoms. The van der Waals surface area contributed by atoms with Crippen LogP contribution >= 0.6 is 11.6 Å². The van der Waals surface area contributed by atoms with Gasteiger partial charge in [0.1, 0.15) is 23.3 Å². The topological polar surface area (TPSA) is 89.3 Å². The summed E-state index contributed by atoms with van der Waals surface area (Å²) in [5.41, 5.74) is 2.01. The molecule has 0 unspecified atom stereocenters. The first-order valence-corrected chi connectivity index (χ1v) is 13.2. The molecule has 3 aliphatic heterocycles. The lowest BCUT2D eigenvalue weighted by Gasteiger charge is -2.39. The van der Waals surface area contributed by atoms with Gasteiger partial charge in [0.2, 0.25) is 0 Å². The molecule has 2 bridgehead atoms. The number of ether oxygens (including phenoxy) is 2. The molecule has 6 rings (SSSR count). The molecular weight excluding hydrogens is 513 g/mol. The van der Waals surface area contributed by atoms with Crippen molar-refractivity contribution in [1.29, 1.82) is 0 Å². The smallest absolute Gasteiger partial charge is 0.410 e. The number of rotatable bonds is 3. The van der Waals surface area contributed by atoms with Gasteiger partial charge in [0.25, 0.3) is 5.91 Å². The van der Waals surface area contributed by atoms with Crippen molar-refractivity contribution in [3.05, 3.63) is 58.3 Å². The standard InChI is InChI=1S/C27H29ClFN5O4/c1-27(2,3)38-26(36)34-17-5-6-18(34)10-19(9-17)37-23-8-16(29)4-7-20(23)25(35)32-13-21-22(14-32)31-33-12-15(28)11-30-24(21)33/h4,7-8,11-12,17-19H,5-6,9-10,13-14H2,1-3H3/t17-,18+,19-. The number of aromatic nitrogens is 3. The number of carbonyl (C=O) groups excluding carboxylic acids is 2. The van der Waals surface area contributed by atoms with Gasteiger partial charge in [0.05, 0.1) is 35.6 Å². The molecule has 2 amide bonds. The Morgan fingerprint density at radius 3 is 2.58 bits per heavy atom. The molecule has 0 aliphatic carbocycles. The van der Waals surface area contributed by atoms with Crippen LogP contribution in [0.1, 0.15) is 68.1 Å². The fourth-order valence-electron chi connectivity index (χ4n) is 5.82. The normalized spacial score (nSPS) is 22.6. The lowest BCUT2D eigenvalue weighted by Crippen LogP contribution is -2.50. The van der Waals surface area contributed by atoms with Crippen molar-refractivity contribution in [3.63, 3.8) is 0 Å². The first-order chi connectivity index (χ1) is 18.1. The van der Waals surface area contributed by atoms with Gasteiger partial charge in [-0.25, -0.2) is 18.7 Å². The third kappa shape index (κ3) is 4.55. The van der Waals surface area contributed by atoms with E-state index in [0.717, 1.165) is 24.1 Å². The maximum atomic E-state index is 14.3. The van der Waals surface area contributed by atoms with Gasteiger partial charge in [0.15, 0.2) is 5.65 Å². The molecule has 2 saturated heterocycles. The number of fused-ring (bicyclic) bond motifs is 5. The maximum Gasteiger partial charge on any atom is 0.410 e. The van der Waals surface area contributed by atoms with Gasteiger partial charge in [-0.2, -0.15) is 5.10 Å². The molecule has 3 atom stereocenters. The number of piperidine rings is 1. The maximum absolute atomic E-state index is 14.3. The van der Waals surface area contributed by atoms with E-state index in [4.69, 9.17) is 21.1 Å². The van der Waals surface area contributed by atoms with Crippen LogP contribution < -0.4 is 4.74 Å². The second-order valence-electron chi connectivity index (χ2n) is 11.3. The molecule has 2 aromatic heterocycles. The highest BCUT2D eigenvalue weighted by atomic mass is 35.5. The zero-order valence-corrected chi connectivity index (χ0v) is 22.2. The number of amides is 2. The van der Waals surface area contributed by atoms with Gasteiger partial charge >= 0.3 is 6.09 Å². The van der Waals surface area contributed by atoms with Crippen LogP contribution in [0.2, 0.25) is 5.02 Å². The number of carbonyl (C=O) groups is 2. The molecule has 0 radical (unpaired) electrons. The highest BCUT2D eigenvalue weighted by Crippen LogP contribution is 2.39. The summed E-state index contributed by atoms with van der Waals surface area (Å²) in [6.07, 6.45) is 5.62. The molecule has 11 heteroatoms. The van der Waals surface area contributed by atoms with E-state index >= 15 is 0 Å². The van der Waals surface area contributed by atoms with Crippen molar-refractivity contribution < 1.29 is 23.5 Å². The minimum Gasteiger partial charge on any atom is -0.489 e. The van der Waals surface area contributed by atoms with E-state index in [9.17, 15) is 14.0 Å². The van der Waals surface area contributed by atoms with Gasteiger partial charge in [-0.1, -0.05) is 11.6 Å². The molecular formula is C27H29ClFN5O4. The van der Waals surface area contributed by atoms with E-state index in [0.29, 0.717) is 42.2 Å². The Bertz CT molecular complexity index is 1420. The van der Waals surface area contributed by atoms with E-state index in [1.165, 1.54) is 18.2 Å². The molecule has 5 heterocycles. The number of hydrogen-bond acceptors (Lipinski definition) is 6. The number of nitrogens with zero attached hydrogens (tertiary/aromatic N) is 5. The summed E-state index contributed by atoms with van der Waals surface area (Å²) in [4.78, 5) is 34.2. The van der Waals surface area contributed by atoms with Gasteiger partial charge in [0, 0.05) is 42.8 Å². The van der Waals surface area contributed by atoms with Crippen LogP contribution in [0.25, 0.3) is 5.65 Å². The summed E-state index contributed by atoms with van der Waals surface area (Å²) >= 11 is 6.02. The predicted molar refractivity (Wildman–Crippen MR) is 137 cm³/mol. The van der Waals surface area contributed by atoms with Crippen molar-refractivity contribution >= 4 is 29.2 Å². The lowest BCUT2D eigenvalue weighted by molar-refractivity contribution is -0.00717. The average Bonchev–Trinajstić information content (AvgIpc) is 3.46. The Labute approximate surface area is 224 Å². The number of benzene rings is 1. The first-order valence-electron chi connectivity index (χ1n) is 12.8. The molecule has 0 spiro atoms. The van der Waals surface area contributed by atoms with Crippen molar-refractivity contribution in [2.24, 2.45) is 0 Å². The third-order valence-corrected chi connectivity index (χ3v) is 7.55. The second kappa shape index (κ2) is 9.11. The molecule has 2 fully saturated rings. The van der Waals surface area contributed by atoms with E-state index in [1.807, 2.05) is 25.7 Å². The van der Waals surface area contributed by atoms with Gasteiger partial charge in [-0.05, 0) is 45.7 Å². The first kappa shape index (κ1) is 24.9. The highest BCUT2D eigenvalue weighted by molar-refractivity contribution is 6.30. The fourth-order valence-corrected chi connectivity index (χ4v) is 5.96. The average molecular weight is 542 g/mol. The van der Waals surface area contributed by atoms with Crippen LogP contribution in [0, 0.1) is 5.82 Å². The molecule has 0 N–H and O–H groups in total. The number of hydrogen-bond donors (Lipinski definition) is 0. The van der Waals surface area contributed by atoms with Crippen molar-refractivity contribution in [1.82, 2.24) is 24.4 Å². The van der Waals surface area contributed by atoms with Crippen LogP contribution in [0.15, 0.2) is 30.6 Å². The number of halogens is 2. The summed E-state index contributed by atoms with van der Waals surface area (Å²) in [5, 5.41) is 5.00. The molecule has 200 valence electrons. The second-order valence-corrected chi connectivity index (χ2v) is 11.7. The summed E-state index contributed by atoms with van der Waals surface area (Å²) in [6.45, 7) is 6.21. The fraction of sp³-hybridized carbons (Fsp3) is 0.481. The summed E-state index contributed by atoms with van der Waals surface area (Å²) in [5.74, 6) is -0.526. The quantitative estimate of drug-likeness (QED) is 0.464. The van der Waals surface area contributed by atoms with Gasteiger partial charge < -0.3 is 19.3 Å². The minimum absolute atomic E-state index is 0.00718. The zero-order valence-electron chi connectivity index (χ0n) is 21.5. The van der Waals surface area contributed by atoms with Crippen LogP contribution in [-0.4, -0.2) is 60.2 Å². The minimum atomic E-state index is -0.567. The highest BCUT2D eigenvalue weighted by Gasteiger charge is 2.46. The Balaban J connectivity index is 1.18. The van der Waals surface area contributed by atoms with Gasteiger partial charge in [-0.3, -0.25) is 4.79 Å². The molecule has 3 aliphatic rings. The Morgan fingerprint density at radius 2 is 1.87 bits per heavy atom. The Hall–Kier alpha value is -3.40. The summed E-state index contributed by atoms with van der Waals surface area (Å²) < 4.78 is 27.8. The summed E-state index contributed by atoms with van der Waals surface area (Å²) in [7, 11) is 0. The van der Waals surface area contributed by atoms with E-state index < -0.39 is 11.4 Å². The van der Waals surface area contributed by atoms with E-state index in [-0.39, 0.29) is 35.9 Å². The molecule has 3 aromatic rings. The van der Waals surface area contributed by atoms with Crippen LogP contribution in [0.5, 0.6) is 5.75 Å². The molecule has 0 saturated carbocycles. The Kier molecular flexibility index (Phi) is 5.97. The van der Waals surface area contributed by atoms with Crippen molar-refractivity contribution in [2.45, 2.75) is 83.3 Å². The van der Waals surface area contributed by atoms with Crippen LogP contribution in [-0.2, 0) is 17.8 Å². The zero-order chi connectivity index (χ0) is 26.8. The van der Waals surface area contributed by atoms with Crippen LogP contribution in [0.3, 0.4) is 0 Å².